The Morgan fingerprint density at radius 3 is 2.48 bits per heavy atom. The maximum atomic E-state index is 12.3. The molecule has 0 radical (unpaired) electrons. The van der Waals surface area contributed by atoms with Gasteiger partial charge in [-0.3, -0.25) is 0 Å². The van der Waals surface area contributed by atoms with Crippen molar-refractivity contribution in [3.05, 3.63) is 0 Å². The molecule has 0 bridgehead atoms. The molecule has 8 heteroatoms. The maximum absolute atomic E-state index is 12.3. The van der Waals surface area contributed by atoms with E-state index in [1.165, 1.54) is 7.11 Å². The summed E-state index contributed by atoms with van der Waals surface area (Å²) in [4.78, 5) is 12.3. The van der Waals surface area contributed by atoms with Crippen LogP contribution >= 0.6 is 0 Å². The standard InChI is InChI=1S/C17H33NO7/c1-11(8-19)14(22-10-21-7)13(12-9-23-17(5,6)24-12)18-15(20)25-16(2,3)4/h11-14,19H,8-10H2,1-7H3,(H,18,20)/t11-,12-,13-,14-/m1/s1. The summed E-state index contributed by atoms with van der Waals surface area (Å²) in [5.74, 6) is -1.02. The molecule has 148 valence electrons. The summed E-state index contributed by atoms with van der Waals surface area (Å²) in [5, 5.41) is 12.4. The Labute approximate surface area is 150 Å². The molecular weight excluding hydrogens is 330 g/mol. The normalized spacial score (nSPS) is 23.8. The van der Waals surface area contributed by atoms with Crippen molar-refractivity contribution < 1.29 is 33.6 Å². The van der Waals surface area contributed by atoms with Crippen molar-refractivity contribution in [1.29, 1.82) is 0 Å². The van der Waals surface area contributed by atoms with E-state index < -0.39 is 35.7 Å². The average molecular weight is 363 g/mol. The first-order valence-corrected chi connectivity index (χ1v) is 8.52. The number of aliphatic hydroxyl groups is 1. The van der Waals surface area contributed by atoms with Gasteiger partial charge in [-0.25, -0.2) is 4.79 Å². The molecule has 25 heavy (non-hydrogen) atoms. The summed E-state index contributed by atoms with van der Waals surface area (Å²) in [5.41, 5.74) is -0.633. The first-order chi connectivity index (χ1) is 11.5. The second-order valence-corrected chi connectivity index (χ2v) is 7.74. The van der Waals surface area contributed by atoms with Crippen molar-refractivity contribution in [2.24, 2.45) is 5.92 Å². The van der Waals surface area contributed by atoms with Gasteiger partial charge in [-0.05, 0) is 34.6 Å². The Hall–Kier alpha value is -0.930. The van der Waals surface area contributed by atoms with Crippen molar-refractivity contribution in [3.63, 3.8) is 0 Å². The first-order valence-electron chi connectivity index (χ1n) is 8.52. The van der Waals surface area contributed by atoms with E-state index in [0.717, 1.165) is 0 Å². The summed E-state index contributed by atoms with van der Waals surface area (Å²) >= 11 is 0. The highest BCUT2D eigenvalue weighted by molar-refractivity contribution is 5.68. The fraction of sp³-hybridized carbons (Fsp3) is 0.941. The third-order valence-electron chi connectivity index (χ3n) is 3.70. The van der Waals surface area contributed by atoms with E-state index in [-0.39, 0.29) is 19.3 Å². The molecule has 0 saturated carbocycles. The van der Waals surface area contributed by atoms with Crippen LogP contribution in [-0.4, -0.2) is 68.0 Å². The van der Waals surface area contributed by atoms with Crippen LogP contribution < -0.4 is 5.32 Å². The van der Waals surface area contributed by atoms with Crippen molar-refractivity contribution in [3.8, 4) is 0 Å². The summed E-state index contributed by atoms with van der Waals surface area (Å²) in [6, 6.07) is -0.575. The lowest BCUT2D eigenvalue weighted by Gasteiger charge is -2.35. The Morgan fingerprint density at radius 2 is 2.04 bits per heavy atom. The van der Waals surface area contributed by atoms with Gasteiger partial charge < -0.3 is 34.1 Å². The molecule has 0 aliphatic carbocycles. The van der Waals surface area contributed by atoms with Crippen LogP contribution in [0.3, 0.4) is 0 Å². The van der Waals surface area contributed by atoms with Crippen LogP contribution in [0.15, 0.2) is 0 Å². The molecule has 2 N–H and O–H groups in total. The lowest BCUT2D eigenvalue weighted by Crippen LogP contribution is -2.56. The molecule has 1 amide bonds. The first kappa shape index (κ1) is 22.1. The number of alkyl carbamates (subject to hydrolysis) is 1. The molecule has 1 fully saturated rings. The van der Waals surface area contributed by atoms with Gasteiger partial charge >= 0.3 is 6.09 Å². The highest BCUT2D eigenvalue weighted by atomic mass is 16.7. The van der Waals surface area contributed by atoms with Gasteiger partial charge in [0.15, 0.2) is 5.79 Å². The van der Waals surface area contributed by atoms with Crippen molar-refractivity contribution in [2.45, 2.75) is 71.2 Å². The van der Waals surface area contributed by atoms with Gasteiger partial charge in [0.2, 0.25) is 0 Å². The molecule has 0 aromatic rings. The second-order valence-electron chi connectivity index (χ2n) is 7.74. The number of ether oxygens (including phenoxy) is 5. The zero-order valence-electron chi connectivity index (χ0n) is 16.3. The number of nitrogens with one attached hydrogen (secondary N) is 1. The third-order valence-corrected chi connectivity index (χ3v) is 3.70. The minimum absolute atomic E-state index is 0.0263. The fourth-order valence-corrected chi connectivity index (χ4v) is 2.60. The molecule has 0 unspecified atom stereocenters. The highest BCUT2D eigenvalue weighted by Gasteiger charge is 2.43. The number of hydrogen-bond acceptors (Lipinski definition) is 7. The minimum Gasteiger partial charge on any atom is -0.444 e. The number of rotatable bonds is 8. The average Bonchev–Trinajstić information content (AvgIpc) is 2.84. The monoisotopic (exact) mass is 363 g/mol. The smallest absolute Gasteiger partial charge is 0.408 e. The van der Waals surface area contributed by atoms with Crippen LogP contribution in [0.1, 0.15) is 41.5 Å². The summed E-state index contributed by atoms with van der Waals surface area (Å²) < 4.78 is 27.6. The van der Waals surface area contributed by atoms with Crippen LogP contribution in [0.4, 0.5) is 4.79 Å². The van der Waals surface area contributed by atoms with Crippen LogP contribution in [0.25, 0.3) is 0 Å². The third kappa shape index (κ3) is 7.45. The van der Waals surface area contributed by atoms with Gasteiger partial charge in [-0.15, -0.1) is 0 Å². The van der Waals surface area contributed by atoms with E-state index in [1.54, 1.807) is 34.6 Å². The Bertz CT molecular complexity index is 422. The van der Waals surface area contributed by atoms with E-state index in [1.807, 2.05) is 6.92 Å². The van der Waals surface area contributed by atoms with Crippen molar-refractivity contribution >= 4 is 6.09 Å². The molecule has 0 aromatic carbocycles. The Balaban J connectivity index is 2.97. The molecule has 1 rings (SSSR count). The number of methoxy groups -OCH3 is 1. The van der Waals surface area contributed by atoms with E-state index in [4.69, 9.17) is 23.7 Å². The van der Waals surface area contributed by atoms with E-state index >= 15 is 0 Å². The van der Waals surface area contributed by atoms with Crippen LogP contribution in [0.2, 0.25) is 0 Å². The van der Waals surface area contributed by atoms with Gasteiger partial charge in [-0.1, -0.05) is 6.92 Å². The molecule has 1 saturated heterocycles. The Kier molecular flexibility index (Phi) is 8.08. The molecule has 4 atom stereocenters. The SMILES string of the molecule is COCO[C@@H]([C@H](NC(=O)OC(C)(C)C)[C@H]1COC(C)(C)O1)[C@H](C)CO. The maximum Gasteiger partial charge on any atom is 0.408 e. The van der Waals surface area contributed by atoms with E-state index in [0.29, 0.717) is 6.61 Å². The number of carbonyl (C=O) groups is 1. The zero-order valence-corrected chi connectivity index (χ0v) is 16.3. The molecule has 0 aromatic heterocycles. The number of carbonyl (C=O) groups excluding carboxylic acids is 1. The number of aliphatic hydroxyl groups excluding tert-OH is 1. The van der Waals surface area contributed by atoms with Gasteiger partial charge in [-0.2, -0.15) is 0 Å². The highest BCUT2D eigenvalue weighted by Crippen LogP contribution is 2.28. The number of amides is 1. The molecule has 8 nitrogen and oxygen atoms in total. The molecule has 1 aliphatic rings. The second kappa shape index (κ2) is 9.14. The fourth-order valence-electron chi connectivity index (χ4n) is 2.60. The van der Waals surface area contributed by atoms with Gasteiger partial charge in [0.05, 0.1) is 18.8 Å². The summed E-state index contributed by atoms with van der Waals surface area (Å²) in [7, 11) is 1.51. The van der Waals surface area contributed by atoms with Gasteiger partial charge in [0.25, 0.3) is 0 Å². The molecule has 1 aliphatic heterocycles. The minimum atomic E-state index is -0.757. The van der Waals surface area contributed by atoms with E-state index in [2.05, 4.69) is 5.32 Å². The zero-order chi connectivity index (χ0) is 19.3. The quantitative estimate of drug-likeness (QED) is 0.633. The molecular formula is C17H33NO7. The van der Waals surface area contributed by atoms with Gasteiger partial charge in [0.1, 0.15) is 18.5 Å². The van der Waals surface area contributed by atoms with Crippen LogP contribution in [-0.2, 0) is 23.7 Å². The van der Waals surface area contributed by atoms with Crippen LogP contribution in [0, 0.1) is 5.92 Å². The predicted octanol–water partition coefficient (Wildman–Crippen LogP) is 1.65. The van der Waals surface area contributed by atoms with Crippen LogP contribution in [0.5, 0.6) is 0 Å². The molecule has 1 heterocycles. The Morgan fingerprint density at radius 1 is 1.40 bits per heavy atom. The predicted molar refractivity (Wildman–Crippen MR) is 91.1 cm³/mol. The summed E-state index contributed by atoms with van der Waals surface area (Å²) in [6.07, 6.45) is -1.57. The summed E-state index contributed by atoms with van der Waals surface area (Å²) in [6.45, 7) is 11.0. The van der Waals surface area contributed by atoms with Gasteiger partial charge in [0, 0.05) is 19.6 Å². The lowest BCUT2D eigenvalue weighted by molar-refractivity contribution is -0.158. The topological polar surface area (TPSA) is 95.5 Å². The largest absolute Gasteiger partial charge is 0.444 e. The van der Waals surface area contributed by atoms with E-state index in [9.17, 15) is 9.90 Å². The van der Waals surface area contributed by atoms with Crippen molar-refractivity contribution in [1.82, 2.24) is 5.32 Å². The van der Waals surface area contributed by atoms with Crippen molar-refractivity contribution in [2.75, 3.05) is 27.1 Å². The number of hydrogen-bond donors (Lipinski definition) is 2. The lowest BCUT2D eigenvalue weighted by atomic mass is 9.94. The molecule has 0 spiro atoms.